The van der Waals surface area contributed by atoms with E-state index >= 15 is 0 Å². The number of hydrogen-bond donors (Lipinski definition) is 2. The lowest BCUT2D eigenvalue weighted by molar-refractivity contribution is -0.117. The standard InChI is InChI=1S/C26H29N5O2/c1-17-16-31(11-12-33-17)21-9-4-18(5-10-21)3-6-20-14-29-25(27-2)23-15-28-24(13-22(20)23)30-26(32)19-7-8-19/h3-6,9-10,13-15,17,19H,7-8,11-12,16H2,1-2H3,(H,27,29)(H,28,30,32). The van der Waals surface area contributed by atoms with Gasteiger partial charge in [0.15, 0.2) is 0 Å². The molecule has 2 N–H and O–H groups in total. The molecule has 1 saturated carbocycles. The van der Waals surface area contributed by atoms with Crippen LogP contribution in [0.15, 0.2) is 42.7 Å². The van der Waals surface area contributed by atoms with Crippen LogP contribution in [-0.4, -0.2) is 48.7 Å². The van der Waals surface area contributed by atoms with Crippen LogP contribution in [0.3, 0.4) is 0 Å². The number of aromatic nitrogens is 2. The maximum Gasteiger partial charge on any atom is 0.228 e. The number of carbonyl (C=O) groups is 1. The maximum atomic E-state index is 12.2. The van der Waals surface area contributed by atoms with E-state index < -0.39 is 0 Å². The molecule has 1 aromatic carbocycles. The van der Waals surface area contributed by atoms with E-state index in [2.05, 4.69) is 68.8 Å². The van der Waals surface area contributed by atoms with Crippen molar-refractivity contribution < 1.29 is 9.53 Å². The Morgan fingerprint density at radius 1 is 1.12 bits per heavy atom. The smallest absolute Gasteiger partial charge is 0.228 e. The highest BCUT2D eigenvalue weighted by molar-refractivity contribution is 6.01. The third-order valence-electron chi connectivity index (χ3n) is 6.19. The van der Waals surface area contributed by atoms with E-state index in [0.29, 0.717) is 5.82 Å². The molecule has 170 valence electrons. The van der Waals surface area contributed by atoms with Gasteiger partial charge in [-0.3, -0.25) is 4.79 Å². The van der Waals surface area contributed by atoms with E-state index in [0.717, 1.165) is 60.3 Å². The third-order valence-corrected chi connectivity index (χ3v) is 6.19. The van der Waals surface area contributed by atoms with Crippen LogP contribution in [0.2, 0.25) is 0 Å². The number of fused-ring (bicyclic) bond motifs is 1. The minimum atomic E-state index is 0.0524. The Bertz CT molecular complexity index is 1190. The van der Waals surface area contributed by atoms with Crippen LogP contribution in [0.25, 0.3) is 22.9 Å². The summed E-state index contributed by atoms with van der Waals surface area (Å²) in [7, 11) is 1.84. The van der Waals surface area contributed by atoms with Crippen LogP contribution in [0, 0.1) is 5.92 Å². The summed E-state index contributed by atoms with van der Waals surface area (Å²) < 4.78 is 5.65. The van der Waals surface area contributed by atoms with Crippen molar-refractivity contribution in [2.45, 2.75) is 25.9 Å². The van der Waals surface area contributed by atoms with Gasteiger partial charge in [0, 0.05) is 55.1 Å². The first kappa shape index (κ1) is 21.4. The molecule has 1 amide bonds. The molecule has 1 aliphatic heterocycles. The van der Waals surface area contributed by atoms with E-state index in [1.165, 1.54) is 5.69 Å². The van der Waals surface area contributed by atoms with Crippen molar-refractivity contribution in [3.05, 3.63) is 53.9 Å². The quantitative estimate of drug-likeness (QED) is 0.587. The average molecular weight is 444 g/mol. The lowest BCUT2D eigenvalue weighted by atomic mass is 10.1. The van der Waals surface area contributed by atoms with Crippen molar-refractivity contribution in [2.24, 2.45) is 5.92 Å². The van der Waals surface area contributed by atoms with Gasteiger partial charge in [-0.1, -0.05) is 24.3 Å². The van der Waals surface area contributed by atoms with Gasteiger partial charge >= 0.3 is 0 Å². The number of rotatable bonds is 6. The lowest BCUT2D eigenvalue weighted by Gasteiger charge is -2.33. The van der Waals surface area contributed by atoms with E-state index in [-0.39, 0.29) is 17.9 Å². The molecule has 1 aliphatic carbocycles. The van der Waals surface area contributed by atoms with Gasteiger partial charge in [-0.05, 0) is 48.9 Å². The number of morpholine rings is 1. The van der Waals surface area contributed by atoms with Gasteiger partial charge in [0.05, 0.1) is 12.7 Å². The highest BCUT2D eigenvalue weighted by Gasteiger charge is 2.29. The molecule has 3 aromatic rings. The minimum absolute atomic E-state index is 0.0524. The predicted octanol–water partition coefficient (Wildman–Crippen LogP) is 4.42. The molecule has 2 aliphatic rings. The molecule has 0 radical (unpaired) electrons. The van der Waals surface area contributed by atoms with Gasteiger partial charge in [0.1, 0.15) is 11.6 Å². The maximum absolute atomic E-state index is 12.2. The molecule has 7 nitrogen and oxygen atoms in total. The zero-order valence-corrected chi connectivity index (χ0v) is 19.0. The SMILES string of the molecule is CNc1ncc(C=Cc2ccc(N3CCOC(C)C3)cc2)c2cc(NC(=O)C3CC3)ncc12. The normalized spacial score (nSPS) is 18.6. The number of nitrogens with one attached hydrogen (secondary N) is 2. The number of pyridine rings is 2. The van der Waals surface area contributed by atoms with Gasteiger partial charge in [-0.2, -0.15) is 0 Å². The Hall–Kier alpha value is -3.45. The molecule has 1 saturated heterocycles. The van der Waals surface area contributed by atoms with Crippen molar-refractivity contribution in [2.75, 3.05) is 42.3 Å². The second kappa shape index (κ2) is 9.19. The molecule has 5 rings (SSSR count). The summed E-state index contributed by atoms with van der Waals surface area (Å²) in [4.78, 5) is 23.5. The third kappa shape index (κ3) is 4.83. The minimum Gasteiger partial charge on any atom is -0.375 e. The molecular weight excluding hydrogens is 414 g/mol. The van der Waals surface area contributed by atoms with E-state index in [1.54, 1.807) is 6.20 Å². The van der Waals surface area contributed by atoms with E-state index in [4.69, 9.17) is 4.74 Å². The van der Waals surface area contributed by atoms with Crippen molar-refractivity contribution in [1.82, 2.24) is 9.97 Å². The largest absolute Gasteiger partial charge is 0.375 e. The Morgan fingerprint density at radius 3 is 2.67 bits per heavy atom. The van der Waals surface area contributed by atoms with E-state index in [9.17, 15) is 4.79 Å². The molecule has 7 heteroatoms. The first-order valence-corrected chi connectivity index (χ1v) is 11.5. The highest BCUT2D eigenvalue weighted by atomic mass is 16.5. The summed E-state index contributed by atoms with van der Waals surface area (Å²) in [5.74, 6) is 1.53. The molecule has 1 atom stereocenters. The molecule has 1 unspecified atom stereocenters. The Kier molecular flexibility index (Phi) is 5.96. The van der Waals surface area contributed by atoms with Gasteiger partial charge < -0.3 is 20.3 Å². The number of benzene rings is 1. The topological polar surface area (TPSA) is 79.4 Å². The van der Waals surface area contributed by atoms with Gasteiger partial charge in [-0.25, -0.2) is 9.97 Å². The molecule has 2 aromatic heterocycles. The van der Waals surface area contributed by atoms with Crippen LogP contribution in [-0.2, 0) is 9.53 Å². The zero-order chi connectivity index (χ0) is 22.8. The Morgan fingerprint density at radius 2 is 1.94 bits per heavy atom. The van der Waals surface area contributed by atoms with Crippen molar-refractivity contribution in [3.8, 4) is 0 Å². The summed E-state index contributed by atoms with van der Waals surface area (Å²) in [6.45, 7) is 4.71. The highest BCUT2D eigenvalue weighted by Crippen LogP contribution is 2.31. The number of hydrogen-bond acceptors (Lipinski definition) is 6. The Labute approximate surface area is 193 Å². The molecule has 3 heterocycles. The molecule has 0 bridgehead atoms. The van der Waals surface area contributed by atoms with E-state index in [1.807, 2.05) is 19.3 Å². The number of amides is 1. The van der Waals surface area contributed by atoms with Crippen LogP contribution in [0.5, 0.6) is 0 Å². The van der Waals surface area contributed by atoms with Crippen LogP contribution in [0.4, 0.5) is 17.3 Å². The molecular formula is C26H29N5O2. The monoisotopic (exact) mass is 443 g/mol. The summed E-state index contributed by atoms with van der Waals surface area (Å²) >= 11 is 0. The van der Waals surface area contributed by atoms with Crippen LogP contribution < -0.4 is 15.5 Å². The van der Waals surface area contributed by atoms with Crippen molar-refractivity contribution in [1.29, 1.82) is 0 Å². The fourth-order valence-corrected chi connectivity index (χ4v) is 4.17. The summed E-state index contributed by atoms with van der Waals surface area (Å²) in [6, 6.07) is 10.5. The number of carbonyl (C=O) groups excluding carboxylic acids is 1. The first-order valence-electron chi connectivity index (χ1n) is 11.5. The Balaban J connectivity index is 1.39. The molecule has 33 heavy (non-hydrogen) atoms. The lowest BCUT2D eigenvalue weighted by Crippen LogP contribution is -2.41. The van der Waals surface area contributed by atoms with Crippen molar-refractivity contribution >= 4 is 46.2 Å². The van der Waals surface area contributed by atoms with Crippen molar-refractivity contribution in [3.63, 3.8) is 0 Å². The van der Waals surface area contributed by atoms with Gasteiger partial charge in [-0.15, -0.1) is 0 Å². The fourth-order valence-electron chi connectivity index (χ4n) is 4.17. The summed E-state index contributed by atoms with van der Waals surface area (Å²) in [5.41, 5.74) is 3.30. The van der Waals surface area contributed by atoms with Crippen LogP contribution >= 0.6 is 0 Å². The number of ether oxygens (including phenoxy) is 1. The second-order valence-electron chi connectivity index (χ2n) is 8.74. The van der Waals surface area contributed by atoms with Gasteiger partial charge in [0.25, 0.3) is 0 Å². The number of nitrogens with zero attached hydrogens (tertiary/aromatic N) is 3. The summed E-state index contributed by atoms with van der Waals surface area (Å²) in [5, 5.41) is 7.98. The summed E-state index contributed by atoms with van der Waals surface area (Å²) in [6.07, 6.45) is 9.95. The zero-order valence-electron chi connectivity index (χ0n) is 19.0. The number of anilines is 3. The molecule has 2 fully saturated rings. The van der Waals surface area contributed by atoms with Gasteiger partial charge in [0.2, 0.25) is 5.91 Å². The van der Waals surface area contributed by atoms with Crippen LogP contribution in [0.1, 0.15) is 30.9 Å². The molecule has 0 spiro atoms. The predicted molar refractivity (Wildman–Crippen MR) is 133 cm³/mol. The first-order chi connectivity index (χ1) is 16.1. The second-order valence-corrected chi connectivity index (χ2v) is 8.74. The average Bonchev–Trinajstić information content (AvgIpc) is 3.68. The fraction of sp³-hybridized carbons (Fsp3) is 0.346.